The molecule has 0 aliphatic carbocycles. The average molecular weight is 288 g/mol. The predicted molar refractivity (Wildman–Crippen MR) is 54.6 cm³/mol. The van der Waals surface area contributed by atoms with E-state index in [0.29, 0.717) is 4.88 Å². The van der Waals surface area contributed by atoms with Crippen molar-refractivity contribution < 1.29 is 13.2 Å². The fraction of sp³-hybridized carbons (Fsp3) is 0.500. The molecule has 14 heavy (non-hydrogen) atoms. The number of halogens is 4. The van der Waals surface area contributed by atoms with Crippen molar-refractivity contribution in [1.82, 2.24) is 5.32 Å². The van der Waals surface area contributed by atoms with Gasteiger partial charge in [-0.25, -0.2) is 0 Å². The van der Waals surface area contributed by atoms with Crippen molar-refractivity contribution >= 4 is 27.3 Å². The predicted octanol–water partition coefficient (Wildman–Crippen LogP) is 3.20. The van der Waals surface area contributed by atoms with E-state index < -0.39 is 12.2 Å². The van der Waals surface area contributed by atoms with Crippen molar-refractivity contribution in [1.29, 1.82) is 0 Å². The number of hydrogen-bond acceptors (Lipinski definition) is 2. The van der Waals surface area contributed by atoms with Gasteiger partial charge in [-0.15, -0.1) is 11.3 Å². The Morgan fingerprint density at radius 3 is 2.50 bits per heavy atom. The molecule has 1 heterocycles. The van der Waals surface area contributed by atoms with Crippen molar-refractivity contribution in [2.75, 3.05) is 7.05 Å². The van der Waals surface area contributed by atoms with Gasteiger partial charge in [-0.2, -0.15) is 13.2 Å². The molecule has 1 aromatic rings. The van der Waals surface area contributed by atoms with E-state index in [4.69, 9.17) is 0 Å². The molecule has 0 spiro atoms. The molecule has 1 unspecified atom stereocenters. The van der Waals surface area contributed by atoms with Gasteiger partial charge in [-0.1, -0.05) is 0 Å². The minimum absolute atomic E-state index is 0.0176. The van der Waals surface area contributed by atoms with E-state index >= 15 is 0 Å². The van der Waals surface area contributed by atoms with Crippen LogP contribution in [-0.2, 0) is 6.42 Å². The number of likely N-dealkylation sites (N-methyl/N-ethyl adjacent to an activating group) is 1. The van der Waals surface area contributed by atoms with Crippen LogP contribution < -0.4 is 5.32 Å². The number of hydrogen-bond donors (Lipinski definition) is 1. The Morgan fingerprint density at radius 1 is 1.50 bits per heavy atom. The van der Waals surface area contributed by atoms with Crippen molar-refractivity contribution in [3.8, 4) is 0 Å². The second-order valence-electron chi connectivity index (χ2n) is 2.79. The molecule has 1 atom stereocenters. The van der Waals surface area contributed by atoms with Crippen molar-refractivity contribution in [3.05, 3.63) is 20.8 Å². The zero-order valence-corrected chi connectivity index (χ0v) is 9.76. The Balaban J connectivity index is 2.66. The third-order valence-corrected chi connectivity index (χ3v) is 3.42. The summed E-state index contributed by atoms with van der Waals surface area (Å²) >= 11 is 4.54. The van der Waals surface area contributed by atoms with Gasteiger partial charge in [0.1, 0.15) is 6.04 Å². The monoisotopic (exact) mass is 287 g/mol. The van der Waals surface area contributed by atoms with E-state index in [1.165, 1.54) is 18.4 Å². The Bertz CT molecular complexity index is 297. The van der Waals surface area contributed by atoms with E-state index in [1.807, 2.05) is 0 Å². The van der Waals surface area contributed by atoms with Crippen LogP contribution in [0.2, 0.25) is 0 Å². The van der Waals surface area contributed by atoms with Gasteiger partial charge in [-0.05, 0) is 35.1 Å². The molecular formula is C8H9BrF3NS. The molecule has 6 heteroatoms. The average Bonchev–Trinajstić information content (AvgIpc) is 2.45. The molecule has 0 aliphatic heterocycles. The summed E-state index contributed by atoms with van der Waals surface area (Å²) in [6.45, 7) is 0. The molecule has 0 radical (unpaired) electrons. The quantitative estimate of drug-likeness (QED) is 0.900. The molecule has 0 saturated carbocycles. The van der Waals surface area contributed by atoms with Gasteiger partial charge >= 0.3 is 6.18 Å². The van der Waals surface area contributed by atoms with E-state index in [1.54, 1.807) is 12.1 Å². The Kier molecular flexibility index (Phi) is 3.97. The largest absolute Gasteiger partial charge is 0.404 e. The van der Waals surface area contributed by atoms with E-state index in [-0.39, 0.29) is 6.42 Å². The van der Waals surface area contributed by atoms with Gasteiger partial charge in [0.25, 0.3) is 0 Å². The molecule has 0 fully saturated rings. The summed E-state index contributed by atoms with van der Waals surface area (Å²) in [6.07, 6.45) is -4.21. The van der Waals surface area contributed by atoms with Gasteiger partial charge in [0.2, 0.25) is 0 Å². The highest BCUT2D eigenvalue weighted by atomic mass is 79.9. The lowest BCUT2D eigenvalue weighted by atomic mass is 10.2. The number of rotatable bonds is 3. The molecule has 0 aliphatic rings. The minimum Gasteiger partial charge on any atom is -0.309 e. The minimum atomic E-state index is -4.19. The van der Waals surface area contributed by atoms with Gasteiger partial charge in [0, 0.05) is 11.3 Å². The molecule has 0 amide bonds. The Morgan fingerprint density at radius 2 is 2.14 bits per heavy atom. The molecule has 80 valence electrons. The lowest BCUT2D eigenvalue weighted by molar-refractivity contribution is -0.154. The standard InChI is InChI=1S/C8H9BrF3NS/c1-13-6(8(10,11)12)4-5-2-3-7(9)14-5/h2-3,6,13H,4H2,1H3. The molecule has 1 rings (SSSR count). The molecular weight excluding hydrogens is 279 g/mol. The summed E-state index contributed by atoms with van der Waals surface area (Å²) in [5.74, 6) is 0. The summed E-state index contributed by atoms with van der Waals surface area (Å²) in [5, 5.41) is 2.27. The third kappa shape index (κ3) is 3.25. The summed E-state index contributed by atoms with van der Waals surface area (Å²) in [7, 11) is 1.32. The van der Waals surface area contributed by atoms with Crippen LogP contribution in [0.15, 0.2) is 15.9 Å². The fourth-order valence-electron chi connectivity index (χ4n) is 1.04. The summed E-state index contributed by atoms with van der Waals surface area (Å²) in [6, 6.07) is 1.99. The van der Waals surface area contributed by atoms with Crippen molar-refractivity contribution in [3.63, 3.8) is 0 Å². The zero-order valence-electron chi connectivity index (χ0n) is 7.36. The fourth-order valence-corrected chi connectivity index (χ4v) is 2.57. The molecule has 1 aromatic heterocycles. The SMILES string of the molecule is CNC(Cc1ccc(Br)s1)C(F)(F)F. The lowest BCUT2D eigenvalue weighted by Crippen LogP contribution is -2.41. The van der Waals surface area contributed by atoms with Crippen molar-refractivity contribution in [2.24, 2.45) is 0 Å². The van der Waals surface area contributed by atoms with Gasteiger partial charge < -0.3 is 5.32 Å². The zero-order chi connectivity index (χ0) is 10.8. The summed E-state index contributed by atoms with van der Waals surface area (Å²) < 4.78 is 37.9. The van der Waals surface area contributed by atoms with Gasteiger partial charge in [0.15, 0.2) is 0 Å². The third-order valence-electron chi connectivity index (χ3n) is 1.78. The highest BCUT2D eigenvalue weighted by Crippen LogP contribution is 2.27. The Labute approximate surface area is 92.4 Å². The molecule has 1 nitrogen and oxygen atoms in total. The van der Waals surface area contributed by atoms with E-state index in [0.717, 1.165) is 3.79 Å². The normalized spacial score (nSPS) is 14.4. The lowest BCUT2D eigenvalue weighted by Gasteiger charge is -2.18. The van der Waals surface area contributed by atoms with Crippen LogP contribution in [0.3, 0.4) is 0 Å². The smallest absolute Gasteiger partial charge is 0.309 e. The first-order valence-electron chi connectivity index (χ1n) is 3.91. The van der Waals surface area contributed by atoms with Gasteiger partial charge in [-0.3, -0.25) is 0 Å². The first kappa shape index (κ1) is 12.0. The van der Waals surface area contributed by atoms with Crippen LogP contribution in [0.25, 0.3) is 0 Å². The maximum atomic E-state index is 12.3. The van der Waals surface area contributed by atoms with E-state index in [2.05, 4.69) is 21.2 Å². The molecule has 0 bridgehead atoms. The van der Waals surface area contributed by atoms with Crippen LogP contribution in [-0.4, -0.2) is 19.3 Å². The van der Waals surface area contributed by atoms with Gasteiger partial charge in [0.05, 0.1) is 3.79 Å². The molecule has 1 N–H and O–H groups in total. The molecule has 0 aromatic carbocycles. The van der Waals surface area contributed by atoms with Crippen LogP contribution in [0.5, 0.6) is 0 Å². The van der Waals surface area contributed by atoms with Crippen LogP contribution in [0.4, 0.5) is 13.2 Å². The summed E-state index contributed by atoms with van der Waals surface area (Å²) in [5.41, 5.74) is 0. The highest BCUT2D eigenvalue weighted by molar-refractivity contribution is 9.11. The number of thiophene rings is 1. The number of alkyl halides is 3. The molecule has 0 saturated heterocycles. The second-order valence-corrected chi connectivity index (χ2v) is 5.34. The maximum absolute atomic E-state index is 12.3. The van der Waals surface area contributed by atoms with Crippen molar-refractivity contribution in [2.45, 2.75) is 18.6 Å². The van der Waals surface area contributed by atoms with Crippen LogP contribution in [0.1, 0.15) is 4.88 Å². The first-order valence-corrected chi connectivity index (χ1v) is 5.52. The number of nitrogens with one attached hydrogen (secondary N) is 1. The van der Waals surface area contributed by atoms with Crippen LogP contribution in [0, 0.1) is 0 Å². The topological polar surface area (TPSA) is 12.0 Å². The maximum Gasteiger partial charge on any atom is 0.404 e. The Hall–Kier alpha value is -0.0700. The van der Waals surface area contributed by atoms with Crippen LogP contribution >= 0.6 is 27.3 Å². The second kappa shape index (κ2) is 4.63. The first-order chi connectivity index (χ1) is 6.43. The summed E-state index contributed by atoms with van der Waals surface area (Å²) in [4.78, 5) is 0.716. The highest BCUT2D eigenvalue weighted by Gasteiger charge is 2.38. The van der Waals surface area contributed by atoms with E-state index in [9.17, 15) is 13.2 Å².